The first-order valence-electron chi connectivity index (χ1n) is 9.13. The SMILES string of the molecule is CC(CNC(=O)Cc1ccc2c(c1)OCCO2)N1CCc2sccc2C1. The number of ether oxygens (including phenoxy) is 2. The van der Waals surface area contributed by atoms with Gasteiger partial charge in [0.1, 0.15) is 13.2 Å². The van der Waals surface area contributed by atoms with E-state index < -0.39 is 0 Å². The fourth-order valence-corrected chi connectivity index (χ4v) is 4.37. The predicted octanol–water partition coefficient (Wildman–Crippen LogP) is 2.62. The Labute approximate surface area is 157 Å². The normalized spacial score (nSPS) is 17.4. The van der Waals surface area contributed by atoms with Gasteiger partial charge in [0.2, 0.25) is 5.91 Å². The van der Waals surface area contributed by atoms with E-state index in [0.29, 0.717) is 32.2 Å². The number of hydrogen-bond acceptors (Lipinski definition) is 5. The second-order valence-corrected chi connectivity index (χ2v) is 7.90. The van der Waals surface area contributed by atoms with Crippen LogP contribution in [0.25, 0.3) is 0 Å². The third kappa shape index (κ3) is 3.86. The molecular formula is C20H24N2O3S. The standard InChI is InChI=1S/C20H24N2O3S/c1-14(22-6-4-19-16(13-22)5-9-26-19)12-21-20(23)11-15-2-3-17-18(10-15)25-8-7-24-17/h2-3,5,9-10,14H,4,6-8,11-13H2,1H3,(H,21,23). The highest BCUT2D eigenvalue weighted by Gasteiger charge is 2.21. The van der Waals surface area contributed by atoms with Gasteiger partial charge in [-0.3, -0.25) is 9.69 Å². The highest BCUT2D eigenvalue weighted by atomic mass is 32.1. The maximum Gasteiger partial charge on any atom is 0.224 e. The third-order valence-electron chi connectivity index (χ3n) is 5.03. The zero-order valence-electron chi connectivity index (χ0n) is 15.0. The van der Waals surface area contributed by atoms with Crippen LogP contribution in [0.4, 0.5) is 0 Å². The number of hydrogen-bond donors (Lipinski definition) is 1. The molecule has 0 saturated heterocycles. The molecule has 1 aromatic heterocycles. The molecule has 0 spiro atoms. The minimum absolute atomic E-state index is 0.0433. The lowest BCUT2D eigenvalue weighted by Gasteiger charge is -2.32. The van der Waals surface area contributed by atoms with E-state index in [1.54, 1.807) is 0 Å². The average molecular weight is 372 g/mol. The van der Waals surface area contributed by atoms with Crippen molar-refractivity contribution in [3.8, 4) is 11.5 Å². The molecule has 3 heterocycles. The Morgan fingerprint density at radius 1 is 1.27 bits per heavy atom. The first-order valence-corrected chi connectivity index (χ1v) is 10.0. The Bertz CT molecular complexity index is 789. The van der Waals surface area contributed by atoms with E-state index in [2.05, 4.69) is 28.6 Å². The number of amides is 1. The molecule has 0 bridgehead atoms. The van der Waals surface area contributed by atoms with Gasteiger partial charge in [-0.15, -0.1) is 11.3 Å². The monoisotopic (exact) mass is 372 g/mol. The minimum atomic E-state index is 0.0433. The number of carbonyl (C=O) groups is 1. The summed E-state index contributed by atoms with van der Waals surface area (Å²) in [6, 6.07) is 8.26. The molecule has 4 rings (SSSR count). The van der Waals surface area contributed by atoms with Crippen LogP contribution in [0.5, 0.6) is 11.5 Å². The predicted molar refractivity (Wildman–Crippen MR) is 102 cm³/mol. The largest absolute Gasteiger partial charge is 0.486 e. The van der Waals surface area contributed by atoms with E-state index >= 15 is 0 Å². The van der Waals surface area contributed by atoms with Crippen molar-refractivity contribution in [1.82, 2.24) is 10.2 Å². The average Bonchev–Trinajstić information content (AvgIpc) is 3.14. The van der Waals surface area contributed by atoms with Gasteiger partial charge in [0.25, 0.3) is 0 Å². The number of benzene rings is 1. The summed E-state index contributed by atoms with van der Waals surface area (Å²) in [5.41, 5.74) is 2.39. The van der Waals surface area contributed by atoms with E-state index in [-0.39, 0.29) is 5.91 Å². The fraction of sp³-hybridized carbons (Fsp3) is 0.450. The van der Waals surface area contributed by atoms with Crippen LogP contribution in [-0.4, -0.2) is 43.2 Å². The first-order chi connectivity index (χ1) is 12.7. The maximum atomic E-state index is 12.3. The van der Waals surface area contributed by atoms with Crippen molar-refractivity contribution in [3.05, 3.63) is 45.6 Å². The second kappa shape index (κ2) is 7.68. The summed E-state index contributed by atoms with van der Waals surface area (Å²) < 4.78 is 11.1. The molecule has 0 radical (unpaired) electrons. The molecule has 2 aliphatic rings. The summed E-state index contributed by atoms with van der Waals surface area (Å²) in [7, 11) is 0. The van der Waals surface area contributed by atoms with Crippen LogP contribution in [0.3, 0.4) is 0 Å². The molecule has 1 aromatic carbocycles. The molecule has 138 valence electrons. The lowest BCUT2D eigenvalue weighted by atomic mass is 10.1. The van der Waals surface area contributed by atoms with Crippen LogP contribution in [0.1, 0.15) is 22.9 Å². The second-order valence-electron chi connectivity index (χ2n) is 6.90. The molecule has 0 saturated carbocycles. The van der Waals surface area contributed by atoms with E-state index in [1.165, 1.54) is 10.4 Å². The highest BCUT2D eigenvalue weighted by Crippen LogP contribution is 2.30. The van der Waals surface area contributed by atoms with Crippen LogP contribution in [0, 0.1) is 0 Å². The summed E-state index contributed by atoms with van der Waals surface area (Å²) in [6.07, 6.45) is 1.47. The van der Waals surface area contributed by atoms with E-state index in [4.69, 9.17) is 9.47 Å². The van der Waals surface area contributed by atoms with Gasteiger partial charge < -0.3 is 14.8 Å². The summed E-state index contributed by atoms with van der Waals surface area (Å²) in [6.45, 7) is 6.03. The van der Waals surface area contributed by atoms with E-state index in [0.717, 1.165) is 36.6 Å². The summed E-state index contributed by atoms with van der Waals surface area (Å²) >= 11 is 1.85. The fourth-order valence-electron chi connectivity index (χ4n) is 3.48. The molecule has 2 aromatic rings. The van der Waals surface area contributed by atoms with Crippen molar-refractivity contribution in [2.75, 3.05) is 26.3 Å². The first kappa shape index (κ1) is 17.4. The lowest BCUT2D eigenvalue weighted by Crippen LogP contribution is -2.44. The van der Waals surface area contributed by atoms with Crippen molar-refractivity contribution < 1.29 is 14.3 Å². The molecule has 0 aliphatic carbocycles. The van der Waals surface area contributed by atoms with Crippen LogP contribution in [0.2, 0.25) is 0 Å². The van der Waals surface area contributed by atoms with Gasteiger partial charge in [-0.1, -0.05) is 6.07 Å². The lowest BCUT2D eigenvalue weighted by molar-refractivity contribution is -0.120. The molecule has 1 N–H and O–H groups in total. The van der Waals surface area contributed by atoms with Crippen molar-refractivity contribution in [3.63, 3.8) is 0 Å². The van der Waals surface area contributed by atoms with Gasteiger partial charge in [0.05, 0.1) is 6.42 Å². The third-order valence-corrected chi connectivity index (χ3v) is 6.05. The zero-order valence-corrected chi connectivity index (χ0v) is 15.8. The Hall–Kier alpha value is -2.05. The van der Waals surface area contributed by atoms with Gasteiger partial charge in [-0.05, 0) is 48.1 Å². The summed E-state index contributed by atoms with van der Waals surface area (Å²) in [4.78, 5) is 16.3. The molecule has 1 unspecified atom stereocenters. The Kier molecular flexibility index (Phi) is 5.13. The van der Waals surface area contributed by atoms with E-state index in [9.17, 15) is 4.79 Å². The molecule has 0 fully saturated rings. The Morgan fingerprint density at radius 2 is 2.12 bits per heavy atom. The molecular weight excluding hydrogens is 348 g/mol. The number of fused-ring (bicyclic) bond motifs is 2. The van der Waals surface area contributed by atoms with Crippen LogP contribution in [-0.2, 0) is 24.2 Å². The Morgan fingerprint density at radius 3 is 3.00 bits per heavy atom. The molecule has 5 nitrogen and oxygen atoms in total. The molecule has 6 heteroatoms. The van der Waals surface area contributed by atoms with Crippen molar-refractivity contribution in [2.24, 2.45) is 0 Å². The topological polar surface area (TPSA) is 50.8 Å². The number of rotatable bonds is 5. The van der Waals surface area contributed by atoms with E-state index in [1.807, 2.05) is 29.5 Å². The van der Waals surface area contributed by atoms with Crippen molar-refractivity contribution in [2.45, 2.75) is 32.4 Å². The highest BCUT2D eigenvalue weighted by molar-refractivity contribution is 7.10. The molecule has 1 atom stereocenters. The number of nitrogens with zero attached hydrogens (tertiary/aromatic N) is 1. The van der Waals surface area contributed by atoms with Gasteiger partial charge in [-0.2, -0.15) is 0 Å². The number of carbonyl (C=O) groups excluding carboxylic acids is 1. The number of nitrogens with one attached hydrogen (secondary N) is 1. The maximum absolute atomic E-state index is 12.3. The quantitative estimate of drug-likeness (QED) is 0.877. The smallest absolute Gasteiger partial charge is 0.224 e. The molecule has 2 aliphatic heterocycles. The van der Waals surface area contributed by atoms with Crippen LogP contribution in [0.15, 0.2) is 29.6 Å². The molecule has 26 heavy (non-hydrogen) atoms. The van der Waals surface area contributed by atoms with Crippen molar-refractivity contribution in [1.29, 1.82) is 0 Å². The van der Waals surface area contributed by atoms with Gasteiger partial charge in [0.15, 0.2) is 11.5 Å². The van der Waals surface area contributed by atoms with Crippen LogP contribution >= 0.6 is 11.3 Å². The van der Waals surface area contributed by atoms with Gasteiger partial charge >= 0.3 is 0 Å². The van der Waals surface area contributed by atoms with Gasteiger partial charge in [0, 0.05) is 30.6 Å². The minimum Gasteiger partial charge on any atom is -0.486 e. The summed E-state index contributed by atoms with van der Waals surface area (Å²) in [5.74, 6) is 1.53. The van der Waals surface area contributed by atoms with Crippen LogP contribution < -0.4 is 14.8 Å². The summed E-state index contributed by atoms with van der Waals surface area (Å²) in [5, 5.41) is 5.25. The molecule has 1 amide bonds. The zero-order chi connectivity index (χ0) is 17.9. The van der Waals surface area contributed by atoms with Crippen molar-refractivity contribution >= 4 is 17.2 Å². The number of thiophene rings is 1. The van der Waals surface area contributed by atoms with Gasteiger partial charge in [-0.25, -0.2) is 0 Å². The Balaban J connectivity index is 1.27.